The largest absolute Gasteiger partial charge is 0.393 e. The Morgan fingerprint density at radius 2 is 2.12 bits per heavy atom. The van der Waals surface area contributed by atoms with Crippen molar-refractivity contribution in [2.24, 2.45) is 5.92 Å². The normalized spacial score (nSPS) is 24.6. The van der Waals surface area contributed by atoms with Crippen molar-refractivity contribution in [2.45, 2.75) is 36.8 Å². The number of anilines is 1. The van der Waals surface area contributed by atoms with Crippen molar-refractivity contribution >= 4 is 17.6 Å². The molecule has 2 rings (SSSR count). The quantitative estimate of drug-likeness (QED) is 0.636. The van der Waals surface area contributed by atoms with E-state index in [0.717, 1.165) is 43.1 Å². The molecule has 17 heavy (non-hydrogen) atoms. The Bertz CT molecular complexity index is 353. The second-order valence-electron chi connectivity index (χ2n) is 4.50. The monoisotopic (exact) mass is 253 g/mol. The number of thioether (sulfide) groups is 1. The molecular weight excluding hydrogens is 234 g/mol. The average Bonchev–Trinajstić information content (AvgIpc) is 2.38. The molecule has 1 aromatic heterocycles. The van der Waals surface area contributed by atoms with Crippen LogP contribution < -0.4 is 5.32 Å². The minimum absolute atomic E-state index is 0.0756. The van der Waals surface area contributed by atoms with Crippen LogP contribution in [0.25, 0.3) is 0 Å². The van der Waals surface area contributed by atoms with E-state index in [1.54, 1.807) is 18.1 Å². The molecule has 0 aromatic carbocycles. The smallest absolute Gasteiger partial charge is 0.130 e. The van der Waals surface area contributed by atoms with E-state index in [4.69, 9.17) is 0 Å². The zero-order valence-corrected chi connectivity index (χ0v) is 10.9. The molecule has 1 aliphatic rings. The highest BCUT2D eigenvalue weighted by atomic mass is 32.2. The van der Waals surface area contributed by atoms with Crippen LogP contribution in [-0.2, 0) is 0 Å². The van der Waals surface area contributed by atoms with Crippen LogP contribution in [0.1, 0.15) is 25.7 Å². The molecule has 1 aliphatic carbocycles. The molecule has 1 saturated carbocycles. The zero-order chi connectivity index (χ0) is 12.1. The predicted molar refractivity (Wildman–Crippen MR) is 70.3 cm³/mol. The van der Waals surface area contributed by atoms with E-state index in [0.29, 0.717) is 5.92 Å². The minimum atomic E-state index is -0.0756. The molecule has 0 unspecified atom stereocenters. The molecule has 1 aromatic rings. The standard InChI is InChI=1S/C12H19N3OS/c1-17-12-6-11(14-8-15-12)13-7-9-2-4-10(16)5-3-9/h6,8-10,16H,2-5,7H2,1H3,(H,13,14,15). The third-order valence-electron chi connectivity index (χ3n) is 3.24. The maximum absolute atomic E-state index is 9.44. The molecule has 0 radical (unpaired) electrons. The van der Waals surface area contributed by atoms with Gasteiger partial charge in [-0.25, -0.2) is 9.97 Å². The summed E-state index contributed by atoms with van der Waals surface area (Å²) in [5, 5.41) is 13.8. The van der Waals surface area contributed by atoms with Crippen LogP contribution in [0.15, 0.2) is 17.4 Å². The fourth-order valence-corrected chi connectivity index (χ4v) is 2.53. The highest BCUT2D eigenvalue weighted by molar-refractivity contribution is 7.98. The number of nitrogens with one attached hydrogen (secondary N) is 1. The number of rotatable bonds is 4. The molecule has 1 fully saturated rings. The molecule has 5 heteroatoms. The van der Waals surface area contributed by atoms with Gasteiger partial charge in [0, 0.05) is 12.6 Å². The summed E-state index contributed by atoms with van der Waals surface area (Å²) in [7, 11) is 0. The Hall–Kier alpha value is -0.810. The summed E-state index contributed by atoms with van der Waals surface area (Å²) < 4.78 is 0. The maximum Gasteiger partial charge on any atom is 0.130 e. The van der Waals surface area contributed by atoms with Crippen LogP contribution in [0, 0.1) is 5.92 Å². The van der Waals surface area contributed by atoms with Crippen LogP contribution in [0.2, 0.25) is 0 Å². The molecule has 0 amide bonds. The summed E-state index contributed by atoms with van der Waals surface area (Å²) in [4.78, 5) is 8.34. The molecule has 2 N–H and O–H groups in total. The van der Waals surface area contributed by atoms with E-state index in [1.807, 2.05) is 12.3 Å². The SMILES string of the molecule is CSc1cc(NCC2CCC(O)CC2)ncn1. The lowest BCUT2D eigenvalue weighted by atomic mass is 9.87. The summed E-state index contributed by atoms with van der Waals surface area (Å²) in [5.74, 6) is 1.56. The molecule has 0 saturated heterocycles. The highest BCUT2D eigenvalue weighted by Gasteiger charge is 2.18. The fraction of sp³-hybridized carbons (Fsp3) is 0.667. The first-order valence-corrected chi connectivity index (χ1v) is 7.28. The van der Waals surface area contributed by atoms with E-state index in [2.05, 4.69) is 15.3 Å². The van der Waals surface area contributed by atoms with Gasteiger partial charge in [-0.05, 0) is 37.9 Å². The lowest BCUT2D eigenvalue weighted by molar-refractivity contribution is 0.111. The number of hydrogen-bond acceptors (Lipinski definition) is 5. The average molecular weight is 253 g/mol. The molecule has 0 spiro atoms. The van der Waals surface area contributed by atoms with Crippen LogP contribution in [0.3, 0.4) is 0 Å². The number of hydrogen-bond donors (Lipinski definition) is 2. The van der Waals surface area contributed by atoms with Crippen LogP contribution in [0.5, 0.6) is 0 Å². The van der Waals surface area contributed by atoms with Gasteiger partial charge in [-0.1, -0.05) is 0 Å². The Kier molecular flexibility index (Phi) is 4.62. The Morgan fingerprint density at radius 3 is 2.82 bits per heavy atom. The molecule has 94 valence electrons. The van der Waals surface area contributed by atoms with Crippen LogP contribution in [0.4, 0.5) is 5.82 Å². The van der Waals surface area contributed by atoms with E-state index in [9.17, 15) is 5.11 Å². The minimum Gasteiger partial charge on any atom is -0.393 e. The van der Waals surface area contributed by atoms with Crippen molar-refractivity contribution in [3.05, 3.63) is 12.4 Å². The van der Waals surface area contributed by atoms with E-state index in [1.165, 1.54) is 0 Å². The van der Waals surface area contributed by atoms with Crippen molar-refractivity contribution < 1.29 is 5.11 Å². The molecule has 1 heterocycles. The van der Waals surface area contributed by atoms with E-state index in [-0.39, 0.29) is 6.10 Å². The lowest BCUT2D eigenvalue weighted by Crippen LogP contribution is -2.23. The van der Waals surface area contributed by atoms with E-state index < -0.39 is 0 Å². The predicted octanol–water partition coefficient (Wildman–Crippen LogP) is 2.16. The van der Waals surface area contributed by atoms with Crippen molar-refractivity contribution in [1.29, 1.82) is 0 Å². The van der Waals surface area contributed by atoms with Crippen molar-refractivity contribution in [3.8, 4) is 0 Å². The van der Waals surface area contributed by atoms with Crippen molar-refractivity contribution in [3.63, 3.8) is 0 Å². The van der Waals surface area contributed by atoms with Gasteiger partial charge < -0.3 is 10.4 Å². The van der Waals surface area contributed by atoms with Crippen molar-refractivity contribution in [2.75, 3.05) is 18.1 Å². The highest BCUT2D eigenvalue weighted by Crippen LogP contribution is 2.24. The second-order valence-corrected chi connectivity index (χ2v) is 5.33. The summed E-state index contributed by atoms with van der Waals surface area (Å²) in [6, 6.07) is 1.97. The molecular formula is C12H19N3OS. The number of nitrogens with zero attached hydrogens (tertiary/aromatic N) is 2. The summed E-state index contributed by atoms with van der Waals surface area (Å²) >= 11 is 1.62. The van der Waals surface area contributed by atoms with Crippen LogP contribution in [-0.4, -0.2) is 34.0 Å². The van der Waals surface area contributed by atoms with Gasteiger partial charge in [-0.2, -0.15) is 0 Å². The van der Waals surface area contributed by atoms with Crippen molar-refractivity contribution in [1.82, 2.24) is 9.97 Å². The molecule has 0 atom stereocenters. The van der Waals surface area contributed by atoms with Gasteiger partial charge in [-0.3, -0.25) is 0 Å². The first-order valence-electron chi connectivity index (χ1n) is 6.06. The summed E-state index contributed by atoms with van der Waals surface area (Å²) in [6.07, 6.45) is 7.61. The van der Waals surface area contributed by atoms with E-state index >= 15 is 0 Å². The van der Waals surface area contributed by atoms with Gasteiger partial charge in [0.1, 0.15) is 17.2 Å². The Labute approximate surface area is 106 Å². The first-order chi connectivity index (χ1) is 8.28. The molecule has 4 nitrogen and oxygen atoms in total. The third kappa shape index (κ3) is 3.85. The van der Waals surface area contributed by atoms with Gasteiger partial charge in [0.2, 0.25) is 0 Å². The van der Waals surface area contributed by atoms with Gasteiger partial charge in [0.15, 0.2) is 0 Å². The number of aromatic nitrogens is 2. The molecule has 0 bridgehead atoms. The maximum atomic E-state index is 9.44. The van der Waals surface area contributed by atoms with Gasteiger partial charge in [-0.15, -0.1) is 11.8 Å². The zero-order valence-electron chi connectivity index (χ0n) is 10.1. The summed E-state index contributed by atoms with van der Waals surface area (Å²) in [5.41, 5.74) is 0. The topological polar surface area (TPSA) is 58.0 Å². The Balaban J connectivity index is 1.81. The van der Waals surface area contributed by atoms with Gasteiger partial charge in [0.25, 0.3) is 0 Å². The fourth-order valence-electron chi connectivity index (χ4n) is 2.15. The second kappa shape index (κ2) is 6.21. The number of aliphatic hydroxyl groups is 1. The van der Waals surface area contributed by atoms with Gasteiger partial charge >= 0.3 is 0 Å². The lowest BCUT2D eigenvalue weighted by Gasteiger charge is -2.25. The molecule has 0 aliphatic heterocycles. The van der Waals surface area contributed by atoms with Gasteiger partial charge in [0.05, 0.1) is 6.10 Å². The summed E-state index contributed by atoms with van der Waals surface area (Å²) in [6.45, 7) is 0.942. The third-order valence-corrected chi connectivity index (χ3v) is 3.88. The number of aliphatic hydroxyl groups excluding tert-OH is 1. The Morgan fingerprint density at radius 1 is 1.35 bits per heavy atom. The first kappa shape index (κ1) is 12.6. The van der Waals surface area contributed by atoms with Crippen LogP contribution >= 0.6 is 11.8 Å².